The number of phenols is 1. The van der Waals surface area contributed by atoms with Crippen LogP contribution in [0.25, 0.3) is 10.8 Å². The van der Waals surface area contributed by atoms with Gasteiger partial charge >= 0.3 is 0 Å². The van der Waals surface area contributed by atoms with Gasteiger partial charge in [-0.1, -0.05) is 30.3 Å². The molecule has 0 unspecified atom stereocenters. The zero-order chi connectivity index (χ0) is 17.1. The summed E-state index contributed by atoms with van der Waals surface area (Å²) in [6.45, 7) is 0. The van der Waals surface area contributed by atoms with Crippen molar-refractivity contribution in [1.29, 1.82) is 0 Å². The highest BCUT2D eigenvalue weighted by atomic mass is 16.3. The monoisotopic (exact) mass is 323 g/mol. The van der Waals surface area contributed by atoms with Crippen molar-refractivity contribution in [2.45, 2.75) is 0 Å². The number of hydrogen-bond donors (Lipinski definition) is 4. The second kappa shape index (κ2) is 6.25. The van der Waals surface area contributed by atoms with E-state index in [-0.39, 0.29) is 22.8 Å². The third kappa shape index (κ3) is 2.82. The van der Waals surface area contributed by atoms with Crippen LogP contribution in [0, 0.1) is 0 Å². The Kier molecular flexibility index (Phi) is 3.98. The smallest absolute Gasteiger partial charge is 0.275 e. The lowest BCUT2D eigenvalue weighted by molar-refractivity contribution is 0.0952. The Morgan fingerprint density at radius 3 is 2.46 bits per heavy atom. The zero-order valence-corrected chi connectivity index (χ0v) is 12.4. The van der Waals surface area contributed by atoms with Crippen molar-refractivity contribution in [3.05, 3.63) is 70.0 Å². The van der Waals surface area contributed by atoms with E-state index in [1.165, 1.54) is 18.3 Å². The number of aromatic nitrogens is 1. The molecule has 1 amide bonds. The molecule has 2 aromatic carbocycles. The van der Waals surface area contributed by atoms with Crippen molar-refractivity contribution in [1.82, 2.24) is 10.4 Å². The summed E-state index contributed by atoms with van der Waals surface area (Å²) in [6, 6.07) is 12.8. The Morgan fingerprint density at radius 1 is 1.04 bits per heavy atom. The molecule has 0 radical (unpaired) electrons. The second-order valence-electron chi connectivity index (χ2n) is 4.98. The third-order valence-corrected chi connectivity index (χ3v) is 3.46. The summed E-state index contributed by atoms with van der Waals surface area (Å²) >= 11 is 0. The number of carbonyl (C=O) groups excluding carboxylic acids is 1. The minimum Gasteiger partial charge on any atom is -0.507 e. The molecule has 3 aromatic rings. The number of carbonyl (C=O) groups is 1. The SMILES string of the molecule is O=C(N/N=C/c1c(O)[nH]c(=O)c2ccccc12)c1ccccc1O. The van der Waals surface area contributed by atoms with Gasteiger partial charge in [-0.3, -0.25) is 14.6 Å². The van der Waals surface area contributed by atoms with Gasteiger partial charge in [-0.2, -0.15) is 5.10 Å². The molecule has 0 aliphatic heterocycles. The molecule has 4 N–H and O–H groups in total. The van der Waals surface area contributed by atoms with Crippen LogP contribution in [-0.2, 0) is 0 Å². The Bertz CT molecular complexity index is 1010. The standard InChI is InChI=1S/C17H13N3O4/c21-14-8-4-3-7-12(14)17(24)20-18-9-13-10-5-1-2-6-11(10)15(22)19-16(13)23/h1-9,21H,(H,20,24)(H2,19,22,23)/b18-9+. The number of nitrogens with one attached hydrogen (secondary N) is 2. The highest BCUT2D eigenvalue weighted by Crippen LogP contribution is 2.20. The van der Waals surface area contributed by atoms with E-state index in [9.17, 15) is 19.8 Å². The summed E-state index contributed by atoms with van der Waals surface area (Å²) in [5, 5.41) is 24.2. The maximum absolute atomic E-state index is 12.0. The van der Waals surface area contributed by atoms with Crippen molar-refractivity contribution < 1.29 is 15.0 Å². The van der Waals surface area contributed by atoms with E-state index in [2.05, 4.69) is 15.5 Å². The van der Waals surface area contributed by atoms with Crippen LogP contribution in [0.1, 0.15) is 15.9 Å². The van der Waals surface area contributed by atoms with Gasteiger partial charge < -0.3 is 10.2 Å². The highest BCUT2D eigenvalue weighted by Gasteiger charge is 2.10. The lowest BCUT2D eigenvalue weighted by Gasteiger charge is -2.05. The molecule has 0 saturated heterocycles. The summed E-state index contributed by atoms with van der Waals surface area (Å²) in [5.74, 6) is -1.11. The lowest BCUT2D eigenvalue weighted by Crippen LogP contribution is -2.18. The molecule has 0 atom stereocenters. The number of para-hydroxylation sites is 1. The molecular weight excluding hydrogens is 310 g/mol. The molecule has 24 heavy (non-hydrogen) atoms. The normalized spacial score (nSPS) is 11.0. The van der Waals surface area contributed by atoms with E-state index >= 15 is 0 Å². The second-order valence-corrected chi connectivity index (χ2v) is 4.98. The topological polar surface area (TPSA) is 115 Å². The van der Waals surface area contributed by atoms with Gasteiger partial charge in [0.15, 0.2) is 0 Å². The van der Waals surface area contributed by atoms with E-state index in [0.717, 1.165) is 0 Å². The van der Waals surface area contributed by atoms with Crippen LogP contribution in [0.4, 0.5) is 0 Å². The number of benzene rings is 2. The first-order chi connectivity index (χ1) is 11.6. The van der Waals surface area contributed by atoms with E-state index in [1.807, 2.05) is 0 Å². The number of aromatic hydroxyl groups is 2. The molecule has 0 fully saturated rings. The Hall–Kier alpha value is -3.61. The van der Waals surface area contributed by atoms with Gasteiger partial charge in [-0.15, -0.1) is 0 Å². The predicted octanol–water partition coefficient (Wildman–Crippen LogP) is 1.70. The summed E-state index contributed by atoms with van der Waals surface area (Å²) < 4.78 is 0. The third-order valence-electron chi connectivity index (χ3n) is 3.46. The first-order valence-corrected chi connectivity index (χ1v) is 7.03. The van der Waals surface area contributed by atoms with Crippen LogP contribution in [0.5, 0.6) is 11.6 Å². The van der Waals surface area contributed by atoms with Crippen molar-refractivity contribution >= 4 is 22.9 Å². The largest absolute Gasteiger partial charge is 0.507 e. The molecule has 7 nitrogen and oxygen atoms in total. The summed E-state index contributed by atoms with van der Waals surface area (Å²) in [6.07, 6.45) is 1.23. The first-order valence-electron chi connectivity index (χ1n) is 7.03. The summed E-state index contributed by atoms with van der Waals surface area (Å²) in [5.41, 5.74) is 2.18. The fraction of sp³-hybridized carbons (Fsp3) is 0. The van der Waals surface area contributed by atoms with Crippen LogP contribution in [0.3, 0.4) is 0 Å². The van der Waals surface area contributed by atoms with Gasteiger partial charge in [-0.05, 0) is 18.2 Å². The molecule has 0 aliphatic rings. The number of rotatable bonds is 3. The van der Waals surface area contributed by atoms with Crippen molar-refractivity contribution in [3.63, 3.8) is 0 Å². The maximum Gasteiger partial charge on any atom is 0.275 e. The Labute approximate surface area is 135 Å². The van der Waals surface area contributed by atoms with Crippen LogP contribution < -0.4 is 11.0 Å². The van der Waals surface area contributed by atoms with Gasteiger partial charge in [-0.25, -0.2) is 5.43 Å². The van der Waals surface area contributed by atoms with Crippen molar-refractivity contribution in [2.75, 3.05) is 0 Å². The number of hydrogen-bond acceptors (Lipinski definition) is 5. The average Bonchev–Trinajstić information content (AvgIpc) is 2.58. The van der Waals surface area contributed by atoms with E-state index in [1.54, 1.807) is 36.4 Å². The maximum atomic E-state index is 12.0. The van der Waals surface area contributed by atoms with Gasteiger partial charge in [0, 0.05) is 10.8 Å². The van der Waals surface area contributed by atoms with Crippen LogP contribution in [0.15, 0.2) is 58.4 Å². The summed E-state index contributed by atoms with van der Waals surface area (Å²) in [4.78, 5) is 26.1. The van der Waals surface area contributed by atoms with Gasteiger partial charge in [0.1, 0.15) is 5.75 Å². The van der Waals surface area contributed by atoms with Crippen LogP contribution in [0.2, 0.25) is 0 Å². The minimum absolute atomic E-state index is 0.0743. The molecule has 7 heteroatoms. The minimum atomic E-state index is -0.599. The molecule has 1 aromatic heterocycles. The Morgan fingerprint density at radius 2 is 1.71 bits per heavy atom. The van der Waals surface area contributed by atoms with Crippen molar-refractivity contribution in [3.8, 4) is 11.6 Å². The number of nitrogens with zero attached hydrogens (tertiary/aromatic N) is 1. The van der Waals surface area contributed by atoms with E-state index < -0.39 is 11.5 Å². The Balaban J connectivity index is 1.91. The molecule has 0 spiro atoms. The number of phenolic OH excluding ortho intramolecular Hbond substituents is 1. The van der Waals surface area contributed by atoms with Gasteiger partial charge in [0.2, 0.25) is 5.88 Å². The number of hydrazone groups is 1. The summed E-state index contributed by atoms with van der Waals surface area (Å²) in [7, 11) is 0. The van der Waals surface area contributed by atoms with Gasteiger partial charge in [0.05, 0.1) is 17.3 Å². The molecular formula is C17H13N3O4. The number of pyridine rings is 1. The fourth-order valence-corrected chi connectivity index (χ4v) is 2.30. The number of fused-ring (bicyclic) bond motifs is 1. The van der Waals surface area contributed by atoms with Crippen LogP contribution in [-0.4, -0.2) is 27.3 Å². The molecule has 0 aliphatic carbocycles. The average molecular weight is 323 g/mol. The molecule has 120 valence electrons. The van der Waals surface area contributed by atoms with E-state index in [4.69, 9.17) is 0 Å². The van der Waals surface area contributed by atoms with Crippen LogP contribution >= 0.6 is 0 Å². The van der Waals surface area contributed by atoms with Gasteiger partial charge in [0.25, 0.3) is 11.5 Å². The predicted molar refractivity (Wildman–Crippen MR) is 89.4 cm³/mol. The number of H-pyrrole nitrogens is 1. The number of aromatic amines is 1. The van der Waals surface area contributed by atoms with Crippen molar-refractivity contribution in [2.24, 2.45) is 5.10 Å². The highest BCUT2D eigenvalue weighted by molar-refractivity contribution is 6.02. The number of amides is 1. The lowest BCUT2D eigenvalue weighted by atomic mass is 10.1. The molecule has 1 heterocycles. The first kappa shape index (κ1) is 15.3. The fourth-order valence-electron chi connectivity index (χ4n) is 2.30. The van der Waals surface area contributed by atoms with E-state index in [0.29, 0.717) is 10.8 Å². The quantitative estimate of drug-likeness (QED) is 0.434. The molecule has 0 saturated carbocycles. The molecule has 0 bridgehead atoms. The zero-order valence-electron chi connectivity index (χ0n) is 12.4. The molecule has 3 rings (SSSR count).